The highest BCUT2D eigenvalue weighted by Gasteiger charge is 2.19. The van der Waals surface area contributed by atoms with E-state index < -0.39 is 0 Å². The Morgan fingerprint density at radius 2 is 1.90 bits per heavy atom. The van der Waals surface area contributed by atoms with E-state index in [4.69, 9.17) is 0 Å². The standard InChI is InChI=1S/C20H27N/c1-15(13-14-21-18-10-11-18)7-12-19-16(2)8-9-17-5-3-4-6-20(17)19/h3-6,8-9,15,18,21H,7,10-14H2,1-2H3. The average molecular weight is 281 g/mol. The summed E-state index contributed by atoms with van der Waals surface area (Å²) < 4.78 is 0. The molecule has 1 atom stereocenters. The molecule has 3 rings (SSSR count). The van der Waals surface area contributed by atoms with Gasteiger partial charge in [-0.05, 0) is 73.4 Å². The van der Waals surface area contributed by atoms with Crippen molar-refractivity contribution in [3.05, 3.63) is 47.5 Å². The first-order chi connectivity index (χ1) is 10.2. The molecule has 2 aromatic carbocycles. The predicted octanol–water partition coefficient (Wildman–Crippen LogP) is 4.86. The van der Waals surface area contributed by atoms with E-state index in [0.717, 1.165) is 12.0 Å². The zero-order valence-electron chi connectivity index (χ0n) is 13.4. The minimum Gasteiger partial charge on any atom is -0.314 e. The third kappa shape index (κ3) is 3.85. The van der Waals surface area contributed by atoms with Crippen LogP contribution in [0.25, 0.3) is 10.8 Å². The van der Waals surface area contributed by atoms with Gasteiger partial charge in [-0.1, -0.05) is 43.3 Å². The average Bonchev–Trinajstić information content (AvgIpc) is 3.30. The summed E-state index contributed by atoms with van der Waals surface area (Å²) in [5.74, 6) is 0.801. The summed E-state index contributed by atoms with van der Waals surface area (Å²) in [7, 11) is 0. The van der Waals surface area contributed by atoms with Crippen LogP contribution in [0.3, 0.4) is 0 Å². The first-order valence-electron chi connectivity index (χ1n) is 8.44. The van der Waals surface area contributed by atoms with Crippen LogP contribution < -0.4 is 5.32 Å². The van der Waals surface area contributed by atoms with Crippen molar-refractivity contribution in [3.8, 4) is 0 Å². The van der Waals surface area contributed by atoms with Gasteiger partial charge in [0.05, 0.1) is 0 Å². The number of hydrogen-bond acceptors (Lipinski definition) is 1. The molecule has 1 aliphatic rings. The quantitative estimate of drug-likeness (QED) is 0.764. The molecule has 0 aliphatic heterocycles. The Bertz CT molecular complexity index is 598. The molecule has 0 spiro atoms. The van der Waals surface area contributed by atoms with Crippen molar-refractivity contribution >= 4 is 10.8 Å². The van der Waals surface area contributed by atoms with E-state index in [1.165, 1.54) is 55.0 Å². The van der Waals surface area contributed by atoms with Crippen LogP contribution in [0.15, 0.2) is 36.4 Å². The van der Waals surface area contributed by atoms with Crippen molar-refractivity contribution < 1.29 is 0 Å². The molecular formula is C20H27N. The summed E-state index contributed by atoms with van der Waals surface area (Å²) in [6.45, 7) is 5.84. The van der Waals surface area contributed by atoms with Crippen LogP contribution in [0.5, 0.6) is 0 Å². The van der Waals surface area contributed by atoms with Gasteiger partial charge in [-0.15, -0.1) is 0 Å². The van der Waals surface area contributed by atoms with Gasteiger partial charge in [-0.25, -0.2) is 0 Å². The van der Waals surface area contributed by atoms with Gasteiger partial charge in [0.25, 0.3) is 0 Å². The molecule has 112 valence electrons. The molecule has 1 fully saturated rings. The fourth-order valence-corrected chi connectivity index (χ4v) is 3.13. The zero-order chi connectivity index (χ0) is 14.7. The summed E-state index contributed by atoms with van der Waals surface area (Å²) >= 11 is 0. The maximum atomic E-state index is 3.63. The summed E-state index contributed by atoms with van der Waals surface area (Å²) in [5, 5.41) is 6.45. The number of nitrogens with one attached hydrogen (secondary N) is 1. The molecule has 0 bridgehead atoms. The van der Waals surface area contributed by atoms with E-state index in [1.807, 2.05) is 0 Å². The highest BCUT2D eigenvalue weighted by Crippen LogP contribution is 2.25. The van der Waals surface area contributed by atoms with Gasteiger partial charge in [0.2, 0.25) is 0 Å². The number of hydrogen-bond donors (Lipinski definition) is 1. The first kappa shape index (κ1) is 14.6. The Balaban J connectivity index is 1.59. The van der Waals surface area contributed by atoms with Gasteiger partial charge >= 0.3 is 0 Å². The van der Waals surface area contributed by atoms with Crippen LogP contribution >= 0.6 is 0 Å². The van der Waals surface area contributed by atoms with Gasteiger partial charge in [0.1, 0.15) is 0 Å². The summed E-state index contributed by atoms with van der Waals surface area (Å²) in [6, 6.07) is 14.2. The highest BCUT2D eigenvalue weighted by molar-refractivity contribution is 5.86. The molecule has 1 saturated carbocycles. The Morgan fingerprint density at radius 1 is 1.10 bits per heavy atom. The van der Waals surface area contributed by atoms with Gasteiger partial charge in [0.15, 0.2) is 0 Å². The van der Waals surface area contributed by atoms with E-state index in [0.29, 0.717) is 0 Å². The summed E-state index contributed by atoms with van der Waals surface area (Å²) in [5.41, 5.74) is 2.99. The maximum Gasteiger partial charge on any atom is 0.00682 e. The van der Waals surface area contributed by atoms with E-state index in [2.05, 4.69) is 55.6 Å². The molecular weight excluding hydrogens is 254 g/mol. The molecule has 0 aromatic heterocycles. The van der Waals surface area contributed by atoms with Crippen molar-refractivity contribution in [1.82, 2.24) is 5.32 Å². The number of rotatable bonds is 7. The maximum absolute atomic E-state index is 3.63. The molecule has 1 unspecified atom stereocenters. The fourth-order valence-electron chi connectivity index (χ4n) is 3.13. The van der Waals surface area contributed by atoms with Crippen LogP contribution in [-0.4, -0.2) is 12.6 Å². The molecule has 1 aliphatic carbocycles. The lowest BCUT2D eigenvalue weighted by atomic mass is 9.92. The lowest BCUT2D eigenvalue weighted by Crippen LogP contribution is -2.19. The summed E-state index contributed by atoms with van der Waals surface area (Å²) in [6.07, 6.45) is 6.59. The molecule has 0 radical (unpaired) electrons. The first-order valence-corrected chi connectivity index (χ1v) is 8.44. The fraction of sp³-hybridized carbons (Fsp3) is 0.500. The van der Waals surface area contributed by atoms with Crippen LogP contribution in [0.4, 0.5) is 0 Å². The van der Waals surface area contributed by atoms with Gasteiger partial charge in [-0.3, -0.25) is 0 Å². The van der Waals surface area contributed by atoms with E-state index in [-0.39, 0.29) is 0 Å². The second-order valence-corrected chi connectivity index (χ2v) is 6.74. The van der Waals surface area contributed by atoms with Crippen LogP contribution in [-0.2, 0) is 6.42 Å². The molecule has 1 N–H and O–H groups in total. The van der Waals surface area contributed by atoms with Crippen molar-refractivity contribution in [2.24, 2.45) is 5.92 Å². The molecule has 0 saturated heterocycles. The van der Waals surface area contributed by atoms with Gasteiger partial charge < -0.3 is 5.32 Å². The monoisotopic (exact) mass is 281 g/mol. The largest absolute Gasteiger partial charge is 0.314 e. The Labute approximate surface area is 128 Å². The summed E-state index contributed by atoms with van der Waals surface area (Å²) in [4.78, 5) is 0. The predicted molar refractivity (Wildman–Crippen MR) is 91.8 cm³/mol. The minimum absolute atomic E-state index is 0.801. The van der Waals surface area contributed by atoms with E-state index in [1.54, 1.807) is 5.56 Å². The van der Waals surface area contributed by atoms with Crippen LogP contribution in [0.2, 0.25) is 0 Å². The molecule has 0 amide bonds. The molecule has 1 nitrogen and oxygen atoms in total. The van der Waals surface area contributed by atoms with Crippen molar-refractivity contribution in [2.75, 3.05) is 6.54 Å². The highest BCUT2D eigenvalue weighted by atomic mass is 14.9. The second kappa shape index (κ2) is 6.62. The Kier molecular flexibility index (Phi) is 4.60. The Hall–Kier alpha value is -1.34. The lowest BCUT2D eigenvalue weighted by Gasteiger charge is -2.15. The van der Waals surface area contributed by atoms with Gasteiger partial charge in [0, 0.05) is 6.04 Å². The molecule has 0 heterocycles. The third-order valence-electron chi connectivity index (χ3n) is 4.81. The number of fused-ring (bicyclic) bond motifs is 1. The van der Waals surface area contributed by atoms with Crippen molar-refractivity contribution in [2.45, 2.75) is 52.0 Å². The molecule has 21 heavy (non-hydrogen) atoms. The Morgan fingerprint density at radius 3 is 2.71 bits per heavy atom. The minimum atomic E-state index is 0.801. The van der Waals surface area contributed by atoms with Crippen LogP contribution in [0, 0.1) is 12.8 Å². The number of benzene rings is 2. The molecule has 1 heteroatoms. The topological polar surface area (TPSA) is 12.0 Å². The molecule has 2 aromatic rings. The lowest BCUT2D eigenvalue weighted by molar-refractivity contribution is 0.469. The SMILES string of the molecule is Cc1ccc2ccccc2c1CCC(C)CCNC1CC1. The van der Waals surface area contributed by atoms with E-state index in [9.17, 15) is 0 Å². The zero-order valence-corrected chi connectivity index (χ0v) is 13.4. The van der Waals surface area contributed by atoms with Gasteiger partial charge in [-0.2, -0.15) is 0 Å². The normalized spacial score (nSPS) is 16.3. The number of aryl methyl sites for hydroxylation is 2. The van der Waals surface area contributed by atoms with E-state index >= 15 is 0 Å². The van der Waals surface area contributed by atoms with Crippen molar-refractivity contribution in [3.63, 3.8) is 0 Å². The second-order valence-electron chi connectivity index (χ2n) is 6.74. The smallest absolute Gasteiger partial charge is 0.00682 e. The third-order valence-corrected chi connectivity index (χ3v) is 4.81. The van der Waals surface area contributed by atoms with Crippen molar-refractivity contribution in [1.29, 1.82) is 0 Å². The van der Waals surface area contributed by atoms with Crippen LogP contribution in [0.1, 0.15) is 43.7 Å².